The minimum absolute atomic E-state index is 0.174. The summed E-state index contributed by atoms with van der Waals surface area (Å²) in [5, 5.41) is 5.74. The molecular formula is C22H28N2O3. The standard InChI is InChI=1S/C22H28N2O3/c1-5-6-14-27-19-12-10-16(11-13-19)20(25)23-18-9-7-8-17(15-18)21(26)24-22(2,3)4/h7-13,15H,5-6,14H2,1-4H3,(H,23,25)(H,24,26). The minimum Gasteiger partial charge on any atom is -0.494 e. The zero-order valence-corrected chi connectivity index (χ0v) is 16.5. The molecular weight excluding hydrogens is 340 g/mol. The summed E-state index contributed by atoms with van der Waals surface area (Å²) in [7, 11) is 0. The van der Waals surface area contributed by atoms with Crippen LogP contribution in [0.1, 0.15) is 61.3 Å². The Labute approximate surface area is 161 Å². The van der Waals surface area contributed by atoms with Crippen LogP contribution in [0.5, 0.6) is 5.75 Å². The summed E-state index contributed by atoms with van der Waals surface area (Å²) >= 11 is 0. The molecule has 2 rings (SSSR count). The highest BCUT2D eigenvalue weighted by Gasteiger charge is 2.16. The van der Waals surface area contributed by atoms with Gasteiger partial charge in [0.05, 0.1) is 6.61 Å². The summed E-state index contributed by atoms with van der Waals surface area (Å²) in [6, 6.07) is 13.9. The van der Waals surface area contributed by atoms with E-state index in [1.807, 2.05) is 20.8 Å². The van der Waals surface area contributed by atoms with E-state index >= 15 is 0 Å². The van der Waals surface area contributed by atoms with Gasteiger partial charge in [-0.25, -0.2) is 0 Å². The van der Waals surface area contributed by atoms with Crippen LogP contribution in [0.3, 0.4) is 0 Å². The molecule has 2 aromatic rings. The molecule has 0 aliphatic carbocycles. The van der Waals surface area contributed by atoms with Crippen LogP contribution in [-0.2, 0) is 0 Å². The van der Waals surface area contributed by atoms with E-state index in [-0.39, 0.29) is 17.4 Å². The first-order valence-electron chi connectivity index (χ1n) is 9.25. The van der Waals surface area contributed by atoms with Gasteiger partial charge < -0.3 is 15.4 Å². The highest BCUT2D eigenvalue weighted by Crippen LogP contribution is 2.16. The van der Waals surface area contributed by atoms with Crippen LogP contribution in [0, 0.1) is 0 Å². The summed E-state index contributed by atoms with van der Waals surface area (Å²) < 4.78 is 5.61. The maximum Gasteiger partial charge on any atom is 0.255 e. The van der Waals surface area contributed by atoms with Crippen LogP contribution in [0.15, 0.2) is 48.5 Å². The zero-order chi connectivity index (χ0) is 19.9. The first kappa shape index (κ1) is 20.5. The number of carbonyl (C=O) groups excluding carboxylic acids is 2. The lowest BCUT2D eigenvalue weighted by molar-refractivity contribution is 0.0918. The highest BCUT2D eigenvalue weighted by molar-refractivity contribution is 6.05. The normalized spacial score (nSPS) is 11.0. The molecule has 0 heterocycles. The average molecular weight is 368 g/mol. The molecule has 0 aromatic heterocycles. The smallest absolute Gasteiger partial charge is 0.255 e. The molecule has 0 saturated carbocycles. The molecule has 5 nitrogen and oxygen atoms in total. The molecule has 0 bridgehead atoms. The zero-order valence-electron chi connectivity index (χ0n) is 16.5. The molecule has 0 spiro atoms. The summed E-state index contributed by atoms with van der Waals surface area (Å²) in [5.41, 5.74) is 1.28. The van der Waals surface area contributed by atoms with Crippen molar-refractivity contribution >= 4 is 17.5 Å². The fourth-order valence-corrected chi connectivity index (χ4v) is 2.39. The summed E-state index contributed by atoms with van der Waals surface area (Å²) in [5.74, 6) is 0.344. The van der Waals surface area contributed by atoms with Gasteiger partial charge in [0.25, 0.3) is 11.8 Å². The van der Waals surface area contributed by atoms with Crippen LogP contribution >= 0.6 is 0 Å². The second kappa shape index (κ2) is 9.21. The van der Waals surface area contributed by atoms with Crippen LogP contribution in [0.4, 0.5) is 5.69 Å². The summed E-state index contributed by atoms with van der Waals surface area (Å²) in [4.78, 5) is 24.7. The molecule has 27 heavy (non-hydrogen) atoms. The predicted molar refractivity (Wildman–Crippen MR) is 108 cm³/mol. The van der Waals surface area contributed by atoms with Crippen LogP contribution in [0.2, 0.25) is 0 Å². The second-order valence-corrected chi connectivity index (χ2v) is 7.47. The largest absolute Gasteiger partial charge is 0.494 e. The fraction of sp³-hybridized carbons (Fsp3) is 0.364. The number of carbonyl (C=O) groups is 2. The van der Waals surface area contributed by atoms with E-state index in [4.69, 9.17) is 4.74 Å². The Bertz CT molecular complexity index is 777. The van der Waals surface area contributed by atoms with E-state index in [2.05, 4.69) is 17.6 Å². The molecule has 0 aliphatic rings. The Balaban J connectivity index is 2.01. The van der Waals surface area contributed by atoms with Crippen molar-refractivity contribution in [3.63, 3.8) is 0 Å². The molecule has 0 aliphatic heterocycles. The maximum absolute atomic E-state index is 12.4. The van der Waals surface area contributed by atoms with E-state index < -0.39 is 0 Å². The van der Waals surface area contributed by atoms with Crippen molar-refractivity contribution in [3.8, 4) is 5.75 Å². The first-order valence-corrected chi connectivity index (χ1v) is 9.25. The molecule has 0 atom stereocenters. The van der Waals surface area contributed by atoms with Gasteiger partial charge in [0, 0.05) is 22.4 Å². The van der Waals surface area contributed by atoms with Gasteiger partial charge >= 0.3 is 0 Å². The molecule has 0 unspecified atom stereocenters. The SMILES string of the molecule is CCCCOc1ccc(C(=O)Nc2cccc(C(=O)NC(C)(C)C)c2)cc1. The average Bonchev–Trinajstić information content (AvgIpc) is 2.61. The summed E-state index contributed by atoms with van der Waals surface area (Å²) in [6.07, 6.45) is 2.08. The van der Waals surface area contributed by atoms with Crippen molar-refractivity contribution in [1.29, 1.82) is 0 Å². The number of unbranched alkanes of at least 4 members (excludes halogenated alkanes) is 1. The quantitative estimate of drug-likeness (QED) is 0.699. The van der Waals surface area contributed by atoms with E-state index in [9.17, 15) is 9.59 Å². The highest BCUT2D eigenvalue weighted by atomic mass is 16.5. The third-order valence-electron chi connectivity index (χ3n) is 3.75. The van der Waals surface area contributed by atoms with Gasteiger partial charge in [-0.3, -0.25) is 9.59 Å². The maximum atomic E-state index is 12.4. The molecule has 5 heteroatoms. The number of hydrogen-bond acceptors (Lipinski definition) is 3. The third-order valence-corrected chi connectivity index (χ3v) is 3.75. The van der Waals surface area contributed by atoms with Crippen molar-refractivity contribution < 1.29 is 14.3 Å². The molecule has 2 amide bonds. The van der Waals surface area contributed by atoms with Crippen molar-refractivity contribution in [1.82, 2.24) is 5.32 Å². The molecule has 2 N–H and O–H groups in total. The van der Waals surface area contributed by atoms with Gasteiger partial charge in [0.2, 0.25) is 0 Å². The van der Waals surface area contributed by atoms with Gasteiger partial charge in [-0.15, -0.1) is 0 Å². The number of ether oxygens (including phenoxy) is 1. The van der Waals surface area contributed by atoms with Crippen molar-refractivity contribution in [2.75, 3.05) is 11.9 Å². The Morgan fingerprint density at radius 2 is 1.67 bits per heavy atom. The number of rotatable bonds is 7. The minimum atomic E-state index is -0.322. The third kappa shape index (κ3) is 6.77. The van der Waals surface area contributed by atoms with Crippen molar-refractivity contribution in [2.45, 2.75) is 46.1 Å². The van der Waals surface area contributed by atoms with Crippen molar-refractivity contribution in [2.24, 2.45) is 0 Å². The van der Waals surface area contributed by atoms with Crippen LogP contribution < -0.4 is 15.4 Å². The number of benzene rings is 2. The van der Waals surface area contributed by atoms with E-state index in [1.54, 1.807) is 48.5 Å². The van der Waals surface area contributed by atoms with Gasteiger partial charge in [-0.1, -0.05) is 19.4 Å². The Kier molecular flexibility index (Phi) is 6.99. The number of nitrogens with one attached hydrogen (secondary N) is 2. The summed E-state index contributed by atoms with van der Waals surface area (Å²) in [6.45, 7) is 8.55. The molecule has 0 fully saturated rings. The van der Waals surface area contributed by atoms with E-state index in [0.29, 0.717) is 23.4 Å². The van der Waals surface area contributed by atoms with Gasteiger partial charge in [0.15, 0.2) is 0 Å². The van der Waals surface area contributed by atoms with Gasteiger partial charge in [-0.2, -0.15) is 0 Å². The van der Waals surface area contributed by atoms with E-state index in [1.165, 1.54) is 0 Å². The molecule has 0 saturated heterocycles. The number of amides is 2. The Morgan fingerprint density at radius 3 is 2.30 bits per heavy atom. The van der Waals surface area contributed by atoms with Gasteiger partial charge in [-0.05, 0) is 69.7 Å². The first-order chi connectivity index (χ1) is 12.8. The Morgan fingerprint density at radius 1 is 0.963 bits per heavy atom. The predicted octanol–water partition coefficient (Wildman–Crippen LogP) is 4.65. The van der Waals surface area contributed by atoms with E-state index in [0.717, 1.165) is 18.6 Å². The second-order valence-electron chi connectivity index (χ2n) is 7.47. The van der Waals surface area contributed by atoms with Gasteiger partial charge in [0.1, 0.15) is 5.75 Å². The monoisotopic (exact) mass is 368 g/mol. The molecule has 0 radical (unpaired) electrons. The Hall–Kier alpha value is -2.82. The lowest BCUT2D eigenvalue weighted by Gasteiger charge is -2.20. The fourth-order valence-electron chi connectivity index (χ4n) is 2.39. The van der Waals surface area contributed by atoms with Crippen molar-refractivity contribution in [3.05, 3.63) is 59.7 Å². The lowest BCUT2D eigenvalue weighted by atomic mass is 10.1. The lowest BCUT2D eigenvalue weighted by Crippen LogP contribution is -2.40. The van der Waals surface area contributed by atoms with Crippen LogP contribution in [0.25, 0.3) is 0 Å². The number of anilines is 1. The molecule has 2 aromatic carbocycles. The molecule has 144 valence electrons. The topological polar surface area (TPSA) is 67.4 Å². The van der Waals surface area contributed by atoms with Crippen LogP contribution in [-0.4, -0.2) is 24.0 Å². The number of hydrogen-bond donors (Lipinski definition) is 2.